The van der Waals surface area contributed by atoms with Crippen molar-refractivity contribution in [2.45, 2.75) is 18.9 Å². The van der Waals surface area contributed by atoms with Crippen LogP contribution in [0.4, 0.5) is 0 Å². The lowest BCUT2D eigenvalue weighted by atomic mass is 10.0. The Hall–Kier alpha value is -3.96. The van der Waals surface area contributed by atoms with Crippen LogP contribution < -0.4 is 5.32 Å². The normalized spacial score (nSPS) is 14.9. The molecule has 0 bridgehead atoms. The van der Waals surface area contributed by atoms with Crippen LogP contribution >= 0.6 is 0 Å². The summed E-state index contributed by atoms with van der Waals surface area (Å²) in [6, 6.07) is 28.5. The smallest absolute Gasteiger partial charge is 0.161 e. The second kappa shape index (κ2) is 8.07. The van der Waals surface area contributed by atoms with Gasteiger partial charge in [0.15, 0.2) is 11.5 Å². The highest BCUT2D eigenvalue weighted by molar-refractivity contribution is 5.96. The number of benzene rings is 3. The predicted octanol–water partition coefficient (Wildman–Crippen LogP) is 6.33. The lowest BCUT2D eigenvalue weighted by molar-refractivity contribution is 0.376. The maximum Gasteiger partial charge on any atom is 0.161 e. The van der Waals surface area contributed by atoms with Gasteiger partial charge in [-0.1, -0.05) is 54.6 Å². The van der Waals surface area contributed by atoms with Gasteiger partial charge in [0.25, 0.3) is 0 Å². The van der Waals surface area contributed by atoms with Gasteiger partial charge in [-0.2, -0.15) is 0 Å². The fraction of sp³-hybridized carbons (Fsp3) is 0.200. The van der Waals surface area contributed by atoms with Crippen molar-refractivity contribution in [3.63, 3.8) is 0 Å². The molecule has 1 fully saturated rings. The van der Waals surface area contributed by atoms with Crippen molar-refractivity contribution >= 4 is 32.8 Å². The number of rotatable bonds is 3. The first-order chi connectivity index (χ1) is 17.3. The maximum absolute atomic E-state index is 5.33. The minimum Gasteiger partial charge on any atom is -0.341 e. The van der Waals surface area contributed by atoms with E-state index in [-0.39, 0.29) is 0 Å². The van der Waals surface area contributed by atoms with Crippen LogP contribution in [0.2, 0.25) is 0 Å². The highest BCUT2D eigenvalue weighted by atomic mass is 15.2. The molecule has 1 N–H and O–H groups in total. The van der Waals surface area contributed by atoms with E-state index in [1.807, 2.05) is 6.20 Å². The van der Waals surface area contributed by atoms with Gasteiger partial charge in [0.2, 0.25) is 0 Å². The van der Waals surface area contributed by atoms with Crippen LogP contribution in [0.3, 0.4) is 0 Å². The summed E-state index contributed by atoms with van der Waals surface area (Å²) in [6.45, 7) is 2.03. The largest absolute Gasteiger partial charge is 0.341 e. The van der Waals surface area contributed by atoms with Gasteiger partial charge in [-0.3, -0.25) is 0 Å². The summed E-state index contributed by atoms with van der Waals surface area (Å²) in [5.74, 6) is 1.01. The molecule has 5 nitrogen and oxygen atoms in total. The van der Waals surface area contributed by atoms with Gasteiger partial charge >= 0.3 is 0 Å². The van der Waals surface area contributed by atoms with E-state index in [1.54, 1.807) is 0 Å². The molecule has 0 amide bonds. The van der Waals surface area contributed by atoms with Gasteiger partial charge in [-0.05, 0) is 66.5 Å². The van der Waals surface area contributed by atoms with Gasteiger partial charge in [-0.15, -0.1) is 0 Å². The number of nitrogens with one attached hydrogen (secondary N) is 1. The molecule has 3 aromatic carbocycles. The average molecular weight is 458 g/mol. The number of para-hydroxylation sites is 1. The lowest BCUT2D eigenvalue weighted by Crippen LogP contribution is -2.29. The molecule has 1 saturated heterocycles. The summed E-state index contributed by atoms with van der Waals surface area (Å²) in [5, 5.41) is 7.23. The fourth-order valence-electron chi connectivity index (χ4n) is 5.67. The molecule has 7 rings (SSSR count). The number of fused-ring (bicyclic) bond motifs is 3. The molecule has 6 aromatic rings. The molecular formula is C30H27N5. The van der Waals surface area contributed by atoms with E-state index in [4.69, 9.17) is 9.97 Å². The first kappa shape index (κ1) is 20.4. The van der Waals surface area contributed by atoms with Crippen molar-refractivity contribution < 1.29 is 0 Å². The SMILES string of the molecule is Cn1c(-c2nc3c(-c4ccc5ccccc5c4)ccnc3n2C2CCNCC2)cc2ccccc21. The summed E-state index contributed by atoms with van der Waals surface area (Å²) in [7, 11) is 2.14. The van der Waals surface area contributed by atoms with Crippen molar-refractivity contribution in [2.24, 2.45) is 7.05 Å². The third kappa shape index (κ3) is 3.27. The van der Waals surface area contributed by atoms with E-state index in [0.717, 1.165) is 54.2 Å². The van der Waals surface area contributed by atoms with E-state index in [9.17, 15) is 0 Å². The van der Waals surface area contributed by atoms with Crippen LogP contribution in [0.1, 0.15) is 18.9 Å². The first-order valence-corrected chi connectivity index (χ1v) is 12.4. The summed E-state index contributed by atoms with van der Waals surface area (Å²) in [6.07, 6.45) is 4.09. The van der Waals surface area contributed by atoms with Crippen molar-refractivity contribution in [2.75, 3.05) is 13.1 Å². The van der Waals surface area contributed by atoms with Crippen LogP contribution in [0.25, 0.3) is 55.5 Å². The standard InChI is InChI=1S/C30H27N5/c1-34-26-9-5-4-8-23(26)19-27(34)29-33-28-25(22-11-10-20-6-2-3-7-21(20)18-22)14-17-32-30(28)35(29)24-12-15-31-16-13-24/h2-11,14,17-19,24,31H,12-13,15-16H2,1H3. The van der Waals surface area contributed by atoms with Gasteiger partial charge in [-0.25, -0.2) is 9.97 Å². The average Bonchev–Trinajstić information content (AvgIpc) is 3.47. The lowest BCUT2D eigenvalue weighted by Gasteiger charge is -2.26. The Bertz CT molecular complexity index is 1700. The molecule has 5 heteroatoms. The highest BCUT2D eigenvalue weighted by Crippen LogP contribution is 2.37. The Labute approximate surface area is 204 Å². The molecule has 1 aliphatic rings. The predicted molar refractivity (Wildman–Crippen MR) is 144 cm³/mol. The number of piperidine rings is 1. The zero-order valence-corrected chi connectivity index (χ0v) is 19.8. The molecule has 0 aliphatic carbocycles. The zero-order chi connectivity index (χ0) is 23.4. The number of hydrogen-bond donors (Lipinski definition) is 1. The molecule has 172 valence electrons. The van der Waals surface area contributed by atoms with Gasteiger partial charge in [0, 0.05) is 35.8 Å². The Kier molecular flexibility index (Phi) is 4.71. The fourth-order valence-corrected chi connectivity index (χ4v) is 5.67. The molecule has 0 atom stereocenters. The topological polar surface area (TPSA) is 47.7 Å². The molecule has 35 heavy (non-hydrogen) atoms. The van der Waals surface area contributed by atoms with Crippen molar-refractivity contribution in [3.05, 3.63) is 85.1 Å². The van der Waals surface area contributed by atoms with Crippen molar-refractivity contribution in [1.82, 2.24) is 24.4 Å². The molecule has 0 radical (unpaired) electrons. The van der Waals surface area contributed by atoms with E-state index >= 15 is 0 Å². The van der Waals surface area contributed by atoms with Crippen LogP contribution in [-0.4, -0.2) is 32.2 Å². The molecule has 1 aliphatic heterocycles. The van der Waals surface area contributed by atoms with Gasteiger partial charge in [0.1, 0.15) is 5.52 Å². The minimum absolute atomic E-state index is 0.369. The molecule has 4 heterocycles. The second-order valence-electron chi connectivity index (χ2n) is 9.53. The quantitative estimate of drug-likeness (QED) is 0.338. The molecule has 3 aromatic heterocycles. The zero-order valence-electron chi connectivity index (χ0n) is 19.8. The van der Waals surface area contributed by atoms with Crippen LogP contribution in [0.5, 0.6) is 0 Å². The van der Waals surface area contributed by atoms with Gasteiger partial charge < -0.3 is 14.5 Å². The van der Waals surface area contributed by atoms with E-state index in [0.29, 0.717) is 6.04 Å². The molecule has 0 spiro atoms. The number of pyridine rings is 1. The summed E-state index contributed by atoms with van der Waals surface area (Å²) < 4.78 is 4.68. The summed E-state index contributed by atoms with van der Waals surface area (Å²) >= 11 is 0. The van der Waals surface area contributed by atoms with E-state index in [1.165, 1.54) is 27.2 Å². The number of aromatic nitrogens is 4. The maximum atomic E-state index is 5.33. The molecule has 0 unspecified atom stereocenters. The number of nitrogens with zero attached hydrogens (tertiary/aromatic N) is 4. The number of imidazole rings is 1. The molecular weight excluding hydrogens is 430 g/mol. The van der Waals surface area contributed by atoms with E-state index in [2.05, 4.69) is 100 Å². The summed E-state index contributed by atoms with van der Waals surface area (Å²) in [5.41, 5.74) is 6.61. The molecule has 0 saturated carbocycles. The third-order valence-corrected chi connectivity index (χ3v) is 7.49. The number of hydrogen-bond acceptors (Lipinski definition) is 3. The second-order valence-corrected chi connectivity index (χ2v) is 9.53. The van der Waals surface area contributed by atoms with Crippen LogP contribution in [0.15, 0.2) is 85.1 Å². The van der Waals surface area contributed by atoms with Crippen LogP contribution in [0, 0.1) is 0 Å². The Morgan fingerprint density at radius 1 is 0.829 bits per heavy atom. The van der Waals surface area contributed by atoms with Crippen molar-refractivity contribution in [3.8, 4) is 22.6 Å². The third-order valence-electron chi connectivity index (χ3n) is 7.49. The van der Waals surface area contributed by atoms with Crippen LogP contribution in [-0.2, 0) is 7.05 Å². The highest BCUT2D eigenvalue weighted by Gasteiger charge is 2.26. The first-order valence-electron chi connectivity index (χ1n) is 12.4. The number of aryl methyl sites for hydroxylation is 1. The monoisotopic (exact) mass is 457 g/mol. The summed E-state index contributed by atoms with van der Waals surface area (Å²) in [4.78, 5) is 10.2. The minimum atomic E-state index is 0.369. The van der Waals surface area contributed by atoms with Crippen molar-refractivity contribution in [1.29, 1.82) is 0 Å². The Balaban J connectivity index is 1.50. The Morgan fingerprint density at radius 2 is 1.60 bits per heavy atom. The van der Waals surface area contributed by atoms with E-state index < -0.39 is 0 Å². The van der Waals surface area contributed by atoms with Gasteiger partial charge in [0.05, 0.1) is 5.69 Å². The Morgan fingerprint density at radius 3 is 2.43 bits per heavy atom.